The number of carbonyl (C=O) groups is 6. The fourth-order valence-corrected chi connectivity index (χ4v) is 2.21. The standard InChI is InChI=1S/C18H27NO18/c20-7(13(26)27)10(23)16(32)35-4-1-19(2-5-36-17(33)11(24)8(21)14(28)29)3-6-37-18(34)12(25)9(22)15(30)31/h7-12,20-25H,1-6H2,(H,26,27)(H,28,29)(H,30,31). The van der Waals surface area contributed by atoms with Crippen molar-refractivity contribution in [3.63, 3.8) is 0 Å². The summed E-state index contributed by atoms with van der Waals surface area (Å²) in [5.41, 5.74) is 0. The van der Waals surface area contributed by atoms with Gasteiger partial charge in [-0.25, -0.2) is 28.8 Å². The third kappa shape index (κ3) is 11.9. The molecule has 6 atom stereocenters. The topological polar surface area (TPSA) is 315 Å². The predicted molar refractivity (Wildman–Crippen MR) is 108 cm³/mol. The molecule has 0 saturated carbocycles. The maximum absolute atomic E-state index is 11.6. The first kappa shape index (κ1) is 33.5. The number of ether oxygens (including phenoxy) is 3. The summed E-state index contributed by atoms with van der Waals surface area (Å²) in [6, 6.07) is 0. The van der Waals surface area contributed by atoms with Crippen LogP contribution < -0.4 is 0 Å². The van der Waals surface area contributed by atoms with E-state index in [1.54, 1.807) is 0 Å². The zero-order valence-corrected chi connectivity index (χ0v) is 18.9. The molecule has 0 aliphatic carbocycles. The molecular formula is C18H27NO18. The van der Waals surface area contributed by atoms with Gasteiger partial charge in [-0.15, -0.1) is 0 Å². The van der Waals surface area contributed by atoms with Crippen molar-refractivity contribution in [1.82, 2.24) is 4.90 Å². The number of aliphatic hydroxyl groups is 6. The maximum atomic E-state index is 11.6. The lowest BCUT2D eigenvalue weighted by molar-refractivity contribution is -0.171. The van der Waals surface area contributed by atoms with Gasteiger partial charge in [0.25, 0.3) is 0 Å². The Balaban J connectivity index is 4.97. The second kappa shape index (κ2) is 16.3. The number of hydrogen-bond donors (Lipinski definition) is 9. The first-order valence-corrected chi connectivity index (χ1v) is 10.1. The molecule has 0 heterocycles. The molecule has 0 aromatic heterocycles. The molecule has 9 N–H and O–H groups in total. The summed E-state index contributed by atoms with van der Waals surface area (Å²) in [4.78, 5) is 67.8. The van der Waals surface area contributed by atoms with Gasteiger partial charge in [0, 0.05) is 19.6 Å². The Morgan fingerprint density at radius 2 is 0.676 bits per heavy atom. The third-order valence-electron chi connectivity index (χ3n) is 4.34. The molecule has 0 saturated heterocycles. The van der Waals surface area contributed by atoms with Crippen molar-refractivity contribution in [3.05, 3.63) is 0 Å². The van der Waals surface area contributed by atoms with Crippen LogP contribution in [0.1, 0.15) is 0 Å². The predicted octanol–water partition coefficient (Wildman–Crippen LogP) is -6.66. The van der Waals surface area contributed by atoms with E-state index in [1.807, 2.05) is 0 Å². The number of aliphatic hydroxyl groups excluding tert-OH is 6. The fourth-order valence-electron chi connectivity index (χ4n) is 2.21. The summed E-state index contributed by atoms with van der Waals surface area (Å²) in [6.45, 7) is -2.54. The molecule has 0 bridgehead atoms. The van der Waals surface area contributed by atoms with E-state index in [2.05, 4.69) is 14.2 Å². The second-order valence-electron chi connectivity index (χ2n) is 7.03. The summed E-state index contributed by atoms with van der Waals surface area (Å²) in [5, 5.41) is 81.3. The molecule has 19 nitrogen and oxygen atoms in total. The van der Waals surface area contributed by atoms with Crippen molar-refractivity contribution < 1.29 is 88.9 Å². The molecule has 0 aliphatic heterocycles. The van der Waals surface area contributed by atoms with Crippen molar-refractivity contribution in [2.75, 3.05) is 39.5 Å². The van der Waals surface area contributed by atoms with Gasteiger partial charge in [0.1, 0.15) is 19.8 Å². The summed E-state index contributed by atoms with van der Waals surface area (Å²) in [6.07, 6.45) is -14.7. The van der Waals surface area contributed by atoms with Crippen LogP contribution in [0, 0.1) is 0 Å². The highest BCUT2D eigenvalue weighted by atomic mass is 16.6. The van der Waals surface area contributed by atoms with E-state index >= 15 is 0 Å². The van der Waals surface area contributed by atoms with Gasteiger partial charge in [-0.2, -0.15) is 0 Å². The number of carboxylic acids is 3. The van der Waals surface area contributed by atoms with Gasteiger partial charge in [0.15, 0.2) is 36.6 Å². The van der Waals surface area contributed by atoms with E-state index in [1.165, 1.54) is 4.90 Å². The van der Waals surface area contributed by atoms with Gasteiger partial charge in [0.05, 0.1) is 0 Å². The van der Waals surface area contributed by atoms with Crippen LogP contribution in [-0.4, -0.2) is 163 Å². The van der Waals surface area contributed by atoms with E-state index in [0.717, 1.165) is 0 Å². The highest BCUT2D eigenvalue weighted by molar-refractivity contribution is 5.85. The number of carboxylic acid groups (broad SMARTS) is 3. The molecule has 0 aromatic carbocycles. The molecule has 0 aliphatic rings. The highest BCUT2D eigenvalue weighted by Gasteiger charge is 2.33. The first-order valence-electron chi connectivity index (χ1n) is 10.1. The minimum absolute atomic E-state index is 0.280. The summed E-state index contributed by atoms with van der Waals surface area (Å²) >= 11 is 0. The zero-order valence-electron chi connectivity index (χ0n) is 18.9. The molecule has 19 heteroatoms. The Morgan fingerprint density at radius 1 is 0.459 bits per heavy atom. The number of esters is 3. The Hall–Kier alpha value is -3.46. The molecule has 0 rings (SSSR count). The Kier molecular flexibility index (Phi) is 14.8. The van der Waals surface area contributed by atoms with Crippen LogP contribution in [0.15, 0.2) is 0 Å². The number of nitrogens with zero attached hydrogens (tertiary/aromatic N) is 1. The molecule has 0 radical (unpaired) electrons. The summed E-state index contributed by atoms with van der Waals surface area (Å²) in [5.74, 6) is -10.2. The van der Waals surface area contributed by atoms with E-state index in [0.29, 0.717) is 0 Å². The van der Waals surface area contributed by atoms with E-state index in [9.17, 15) is 44.1 Å². The monoisotopic (exact) mass is 545 g/mol. The molecular weight excluding hydrogens is 518 g/mol. The molecule has 37 heavy (non-hydrogen) atoms. The SMILES string of the molecule is O=C(O)C(O)C(O)C(=O)OCCN(CCOC(=O)C(O)C(O)C(=O)O)CCOC(=O)C(O)C(O)C(=O)O. The van der Waals surface area contributed by atoms with Crippen LogP contribution in [0.2, 0.25) is 0 Å². The normalized spacial score (nSPS) is 16.0. The van der Waals surface area contributed by atoms with Crippen LogP contribution in [0.3, 0.4) is 0 Å². The fraction of sp³-hybridized carbons (Fsp3) is 0.667. The Morgan fingerprint density at radius 3 is 0.865 bits per heavy atom. The Labute approximate surface area is 206 Å². The van der Waals surface area contributed by atoms with E-state index in [-0.39, 0.29) is 19.6 Å². The van der Waals surface area contributed by atoms with Gasteiger partial charge >= 0.3 is 35.8 Å². The average molecular weight is 545 g/mol. The summed E-state index contributed by atoms with van der Waals surface area (Å²) < 4.78 is 13.8. The van der Waals surface area contributed by atoms with Crippen molar-refractivity contribution >= 4 is 35.8 Å². The van der Waals surface area contributed by atoms with Crippen LogP contribution in [0.4, 0.5) is 0 Å². The molecule has 212 valence electrons. The van der Waals surface area contributed by atoms with Crippen LogP contribution in [0.25, 0.3) is 0 Å². The van der Waals surface area contributed by atoms with Crippen LogP contribution in [0.5, 0.6) is 0 Å². The highest BCUT2D eigenvalue weighted by Crippen LogP contribution is 2.02. The maximum Gasteiger partial charge on any atom is 0.338 e. The van der Waals surface area contributed by atoms with E-state index < -0.39 is 92.3 Å². The second-order valence-corrected chi connectivity index (χ2v) is 7.03. The van der Waals surface area contributed by atoms with Crippen LogP contribution >= 0.6 is 0 Å². The zero-order chi connectivity index (χ0) is 28.9. The first-order chi connectivity index (χ1) is 17.1. The van der Waals surface area contributed by atoms with Crippen molar-refractivity contribution in [2.24, 2.45) is 0 Å². The van der Waals surface area contributed by atoms with Gasteiger partial charge in [-0.1, -0.05) is 0 Å². The lowest BCUT2D eigenvalue weighted by atomic mass is 10.2. The largest absolute Gasteiger partial charge is 0.479 e. The van der Waals surface area contributed by atoms with Gasteiger partial charge in [0.2, 0.25) is 0 Å². The lowest BCUT2D eigenvalue weighted by Gasteiger charge is -2.23. The average Bonchev–Trinajstić information content (AvgIpc) is 2.84. The number of hydrogen-bond acceptors (Lipinski definition) is 16. The molecule has 6 unspecified atom stereocenters. The van der Waals surface area contributed by atoms with Crippen molar-refractivity contribution in [3.8, 4) is 0 Å². The Bertz CT molecular complexity index is 712. The van der Waals surface area contributed by atoms with Crippen molar-refractivity contribution in [2.45, 2.75) is 36.6 Å². The van der Waals surface area contributed by atoms with Gasteiger partial charge in [-0.05, 0) is 0 Å². The van der Waals surface area contributed by atoms with Crippen LogP contribution in [-0.2, 0) is 43.0 Å². The van der Waals surface area contributed by atoms with Gasteiger partial charge < -0.3 is 60.2 Å². The minimum Gasteiger partial charge on any atom is -0.479 e. The van der Waals surface area contributed by atoms with Gasteiger partial charge in [-0.3, -0.25) is 4.90 Å². The quantitative estimate of drug-likeness (QED) is 0.0570. The summed E-state index contributed by atoms with van der Waals surface area (Å²) in [7, 11) is 0. The molecule has 0 amide bonds. The number of aliphatic carboxylic acids is 3. The van der Waals surface area contributed by atoms with Crippen molar-refractivity contribution in [1.29, 1.82) is 0 Å². The third-order valence-corrected chi connectivity index (χ3v) is 4.34. The van der Waals surface area contributed by atoms with E-state index in [4.69, 9.17) is 30.6 Å². The molecule has 0 spiro atoms. The lowest BCUT2D eigenvalue weighted by Crippen LogP contribution is -2.43. The molecule has 0 fully saturated rings. The number of rotatable bonds is 18. The number of carbonyl (C=O) groups excluding carboxylic acids is 3. The molecule has 0 aromatic rings. The minimum atomic E-state index is -2.47. The smallest absolute Gasteiger partial charge is 0.338 e.